The number of hydrogen-bond acceptors (Lipinski definition) is 4. The van der Waals surface area contributed by atoms with Gasteiger partial charge in [0.15, 0.2) is 5.82 Å². The molecule has 3 rings (SSSR count). The smallest absolute Gasteiger partial charge is 0.335 e. The van der Waals surface area contributed by atoms with Crippen LogP contribution in [-0.2, 0) is 29.9 Å². The van der Waals surface area contributed by atoms with E-state index in [-0.39, 0.29) is 10.5 Å². The van der Waals surface area contributed by atoms with Crippen molar-refractivity contribution in [3.63, 3.8) is 0 Å². The summed E-state index contributed by atoms with van der Waals surface area (Å²) in [5, 5.41) is 13.3. The van der Waals surface area contributed by atoms with Crippen molar-refractivity contribution in [3.05, 3.63) is 41.1 Å². The van der Waals surface area contributed by atoms with Gasteiger partial charge in [-0.15, -0.1) is 0 Å². The van der Waals surface area contributed by atoms with Crippen LogP contribution in [0.4, 0.5) is 5.82 Å². The third-order valence-electron chi connectivity index (χ3n) is 4.08. The van der Waals surface area contributed by atoms with Crippen LogP contribution in [0, 0.1) is 0 Å². The molecular formula is C15H17N3O4S. The monoisotopic (exact) mass is 335 g/mol. The van der Waals surface area contributed by atoms with E-state index in [1.807, 2.05) is 0 Å². The van der Waals surface area contributed by atoms with Gasteiger partial charge >= 0.3 is 5.97 Å². The van der Waals surface area contributed by atoms with Crippen molar-refractivity contribution in [2.75, 3.05) is 11.4 Å². The number of nitrogens with zero attached hydrogens (tertiary/aromatic N) is 3. The summed E-state index contributed by atoms with van der Waals surface area (Å²) in [4.78, 5) is 11.4. The highest BCUT2D eigenvalue weighted by Gasteiger charge is 2.30. The van der Waals surface area contributed by atoms with Gasteiger partial charge in [-0.05, 0) is 42.5 Å². The SMILES string of the molecule is CN(c1ccn(C)n1)S(=O)(=O)c1cc(C(=O)O)cc2c1CCC2. The highest BCUT2D eigenvalue weighted by atomic mass is 32.2. The Balaban J connectivity index is 2.15. The number of carboxylic acid groups (broad SMARTS) is 1. The van der Waals surface area contributed by atoms with Crippen molar-refractivity contribution >= 4 is 21.8 Å². The molecule has 0 fully saturated rings. The molecule has 0 saturated carbocycles. The van der Waals surface area contributed by atoms with Crippen LogP contribution < -0.4 is 4.31 Å². The van der Waals surface area contributed by atoms with Crippen LogP contribution in [0.2, 0.25) is 0 Å². The van der Waals surface area contributed by atoms with Gasteiger partial charge in [0.05, 0.1) is 10.5 Å². The van der Waals surface area contributed by atoms with Crippen molar-refractivity contribution in [3.8, 4) is 0 Å². The van der Waals surface area contributed by atoms with Gasteiger partial charge in [0, 0.05) is 26.4 Å². The number of aromatic nitrogens is 2. The van der Waals surface area contributed by atoms with Gasteiger partial charge in [-0.1, -0.05) is 0 Å². The first-order chi connectivity index (χ1) is 10.8. The van der Waals surface area contributed by atoms with Crippen LogP contribution in [0.15, 0.2) is 29.3 Å². The molecule has 1 aromatic heterocycles. The highest BCUT2D eigenvalue weighted by Crippen LogP contribution is 2.32. The first kappa shape index (κ1) is 15.5. The standard InChI is InChI=1S/C15H17N3O4S/c1-17-7-6-14(16-17)18(2)23(21,22)13-9-11(15(19)20)8-10-4-3-5-12(10)13/h6-9H,3-5H2,1-2H3,(H,19,20). The number of carboxylic acids is 1. The quantitative estimate of drug-likeness (QED) is 0.912. The van der Waals surface area contributed by atoms with E-state index < -0.39 is 16.0 Å². The van der Waals surface area contributed by atoms with Gasteiger partial charge in [-0.3, -0.25) is 8.99 Å². The van der Waals surface area contributed by atoms with Crippen LogP contribution >= 0.6 is 0 Å². The average Bonchev–Trinajstić information content (AvgIpc) is 3.13. The molecule has 0 bridgehead atoms. The molecule has 0 aliphatic heterocycles. The van der Waals surface area contributed by atoms with Gasteiger partial charge in [0.2, 0.25) is 0 Å². The van der Waals surface area contributed by atoms with E-state index in [2.05, 4.69) is 5.10 Å². The summed E-state index contributed by atoms with van der Waals surface area (Å²) < 4.78 is 28.5. The first-order valence-corrected chi connectivity index (χ1v) is 8.62. The van der Waals surface area contributed by atoms with E-state index in [0.717, 1.165) is 21.9 Å². The number of benzene rings is 1. The predicted octanol–water partition coefficient (Wildman–Crippen LogP) is 1.43. The molecule has 2 aromatic rings. The first-order valence-electron chi connectivity index (χ1n) is 7.18. The zero-order valence-electron chi connectivity index (χ0n) is 12.9. The summed E-state index contributed by atoms with van der Waals surface area (Å²) in [6.45, 7) is 0. The number of fused-ring (bicyclic) bond motifs is 1. The molecule has 23 heavy (non-hydrogen) atoms. The Labute approximate surface area is 134 Å². The number of rotatable bonds is 4. The van der Waals surface area contributed by atoms with E-state index in [1.54, 1.807) is 25.4 Å². The van der Waals surface area contributed by atoms with Crippen LogP contribution in [0.3, 0.4) is 0 Å². The van der Waals surface area contributed by atoms with Gasteiger partial charge in [-0.2, -0.15) is 5.10 Å². The second kappa shape index (κ2) is 5.38. The lowest BCUT2D eigenvalue weighted by Gasteiger charge is -2.19. The van der Waals surface area contributed by atoms with Crippen molar-refractivity contribution in [1.29, 1.82) is 0 Å². The Bertz CT molecular complexity index is 886. The summed E-state index contributed by atoms with van der Waals surface area (Å²) in [5.74, 6) is -0.836. The summed E-state index contributed by atoms with van der Waals surface area (Å²) >= 11 is 0. The Morgan fingerprint density at radius 2 is 2.09 bits per heavy atom. The van der Waals surface area contributed by atoms with E-state index >= 15 is 0 Å². The molecule has 0 atom stereocenters. The maximum atomic E-state index is 13.0. The molecular weight excluding hydrogens is 318 g/mol. The molecule has 1 aromatic carbocycles. The molecule has 0 radical (unpaired) electrons. The number of sulfonamides is 1. The molecule has 0 spiro atoms. The number of carbonyl (C=O) groups is 1. The Morgan fingerprint density at radius 3 is 2.70 bits per heavy atom. The zero-order valence-corrected chi connectivity index (χ0v) is 13.7. The molecule has 1 aliphatic rings. The molecule has 0 saturated heterocycles. The lowest BCUT2D eigenvalue weighted by Crippen LogP contribution is -2.28. The van der Waals surface area contributed by atoms with E-state index in [4.69, 9.17) is 0 Å². The summed E-state index contributed by atoms with van der Waals surface area (Å²) in [6.07, 6.45) is 3.82. The van der Waals surface area contributed by atoms with Crippen molar-refractivity contribution in [2.24, 2.45) is 7.05 Å². The van der Waals surface area contributed by atoms with Crippen LogP contribution in [-0.4, -0.2) is 36.3 Å². The molecule has 0 unspecified atom stereocenters. The van der Waals surface area contributed by atoms with Crippen LogP contribution in [0.5, 0.6) is 0 Å². The molecule has 8 heteroatoms. The fraction of sp³-hybridized carbons (Fsp3) is 0.333. The van der Waals surface area contributed by atoms with Gasteiger partial charge in [-0.25, -0.2) is 13.2 Å². The maximum absolute atomic E-state index is 13.0. The Hall–Kier alpha value is -2.35. The normalized spacial score (nSPS) is 13.8. The maximum Gasteiger partial charge on any atom is 0.335 e. The van der Waals surface area contributed by atoms with Gasteiger partial charge in [0.1, 0.15) is 0 Å². The summed E-state index contributed by atoms with van der Waals surface area (Å²) in [5.41, 5.74) is 1.52. The number of hydrogen-bond donors (Lipinski definition) is 1. The average molecular weight is 335 g/mol. The molecule has 7 nitrogen and oxygen atoms in total. The highest BCUT2D eigenvalue weighted by molar-refractivity contribution is 7.92. The Morgan fingerprint density at radius 1 is 1.35 bits per heavy atom. The fourth-order valence-electron chi connectivity index (χ4n) is 2.86. The fourth-order valence-corrected chi connectivity index (χ4v) is 4.32. The lowest BCUT2D eigenvalue weighted by molar-refractivity contribution is 0.0696. The molecule has 122 valence electrons. The topological polar surface area (TPSA) is 92.5 Å². The third kappa shape index (κ3) is 2.59. The minimum atomic E-state index is -3.87. The minimum Gasteiger partial charge on any atom is -0.478 e. The summed E-state index contributed by atoms with van der Waals surface area (Å²) in [6, 6.07) is 4.42. The van der Waals surface area contributed by atoms with Gasteiger partial charge < -0.3 is 5.11 Å². The molecule has 1 aliphatic carbocycles. The Kier molecular flexibility index (Phi) is 3.63. The number of aromatic carboxylic acids is 1. The van der Waals surface area contributed by atoms with Crippen LogP contribution in [0.1, 0.15) is 27.9 Å². The molecule has 1 N–H and O–H groups in total. The minimum absolute atomic E-state index is 0.00125. The van der Waals surface area contributed by atoms with Crippen LogP contribution in [0.25, 0.3) is 0 Å². The van der Waals surface area contributed by atoms with Crippen molar-refractivity contribution < 1.29 is 18.3 Å². The lowest BCUT2D eigenvalue weighted by atomic mass is 10.1. The summed E-state index contributed by atoms with van der Waals surface area (Å²) in [7, 11) is -0.742. The largest absolute Gasteiger partial charge is 0.478 e. The van der Waals surface area contributed by atoms with Crippen molar-refractivity contribution in [2.45, 2.75) is 24.2 Å². The predicted molar refractivity (Wildman–Crippen MR) is 84.2 cm³/mol. The zero-order chi connectivity index (χ0) is 16.8. The molecule has 0 amide bonds. The second-order valence-corrected chi connectivity index (χ2v) is 7.53. The van der Waals surface area contributed by atoms with Crippen molar-refractivity contribution in [1.82, 2.24) is 9.78 Å². The molecule has 1 heterocycles. The van der Waals surface area contributed by atoms with E-state index in [1.165, 1.54) is 17.8 Å². The third-order valence-corrected chi connectivity index (χ3v) is 5.91. The van der Waals surface area contributed by atoms with Gasteiger partial charge in [0.25, 0.3) is 10.0 Å². The number of aryl methyl sites for hydroxylation is 2. The second-order valence-electron chi connectivity index (χ2n) is 5.59. The van der Waals surface area contributed by atoms with E-state index in [9.17, 15) is 18.3 Å². The number of anilines is 1. The van der Waals surface area contributed by atoms with E-state index in [0.29, 0.717) is 18.7 Å².